The van der Waals surface area contributed by atoms with Gasteiger partial charge in [0.05, 0.1) is 17.7 Å². The Morgan fingerprint density at radius 3 is 2.21 bits per heavy atom. The first kappa shape index (κ1) is 60.5. The third kappa shape index (κ3) is 11.1. The van der Waals surface area contributed by atoms with E-state index in [1.807, 2.05) is 17.7 Å². The summed E-state index contributed by atoms with van der Waals surface area (Å²) < 4.78 is 86.4. The van der Waals surface area contributed by atoms with Gasteiger partial charge in [0, 0.05) is 47.9 Å². The van der Waals surface area contributed by atoms with E-state index in [0.29, 0.717) is 102 Å². The Hall–Kier alpha value is -4.07. The quantitative estimate of drug-likeness (QED) is 0.127. The highest BCUT2D eigenvalue weighted by Crippen LogP contribution is 2.71. The molecule has 87 heavy (non-hydrogen) atoms. The highest BCUT2D eigenvalue weighted by atomic mass is 19.2. The zero-order chi connectivity index (χ0) is 59.5. The first-order chi connectivity index (χ1) is 42.6. The van der Waals surface area contributed by atoms with Crippen LogP contribution < -0.4 is 0 Å². The second-order valence-electron chi connectivity index (χ2n) is 30.8. The molecule has 0 N–H and O–H groups in total. The van der Waals surface area contributed by atoms with Crippen molar-refractivity contribution in [3.8, 4) is 0 Å². The van der Waals surface area contributed by atoms with Crippen molar-refractivity contribution in [1.82, 2.24) is 9.80 Å². The standard InChI is InChI=1S/C79H105F5N2O/c1-4-49-20-26-52(27-21-49)54-30-44-71-66(46-54)67-47-55(31-45-72(67)86(71)59-34-22-50(5-2)23-35-59)53-28-36-58(37-29-53)85(70-19-13-11-17-65(70)73-74(80)76(82)78(84)77(83)75(73)81)60-38-43-64-63-16-10-12-18-68(63)79(69(64)48-60,56-14-8-7-9-15-56)57-32-41-62(42-33-57)87-61-39-24-51(6-3)25-40-61/h4-6,17,20,24,26,36,38,41,43,48-50,52-57,59,61,63-64,66,68-71,73-74,76,78H,1-3,7-16,18-19,21-23,25,27-35,37,39-40,42,44-47H2. The minimum Gasteiger partial charge on any atom is -0.495 e. The van der Waals surface area contributed by atoms with E-state index >= 15 is 22.0 Å². The van der Waals surface area contributed by atoms with Gasteiger partial charge in [-0.2, -0.15) is 0 Å². The van der Waals surface area contributed by atoms with Crippen LogP contribution in [0.5, 0.6) is 0 Å². The second kappa shape index (κ2) is 25.9. The van der Waals surface area contributed by atoms with Gasteiger partial charge in [-0.05, 0) is 267 Å². The van der Waals surface area contributed by atoms with Gasteiger partial charge in [-0.1, -0.05) is 105 Å². The Balaban J connectivity index is 0.796. The zero-order valence-corrected chi connectivity index (χ0v) is 52.7. The number of hydrogen-bond acceptors (Lipinski definition) is 3. The highest BCUT2D eigenvalue weighted by Gasteiger charge is 2.65. The van der Waals surface area contributed by atoms with E-state index in [-0.39, 0.29) is 11.5 Å². The van der Waals surface area contributed by atoms with E-state index in [1.54, 1.807) is 5.70 Å². The Labute approximate surface area is 520 Å². The molecule has 14 rings (SSSR count). The summed E-state index contributed by atoms with van der Waals surface area (Å²) >= 11 is 0. The summed E-state index contributed by atoms with van der Waals surface area (Å²) in [6, 6.07) is 0.763. The van der Waals surface area contributed by atoms with Crippen LogP contribution in [0.25, 0.3) is 0 Å². The van der Waals surface area contributed by atoms with Crippen molar-refractivity contribution in [3.63, 3.8) is 0 Å². The summed E-state index contributed by atoms with van der Waals surface area (Å²) in [5, 5.41) is 0. The summed E-state index contributed by atoms with van der Waals surface area (Å²) in [6.07, 6.45) is 57.9. The van der Waals surface area contributed by atoms with E-state index in [0.717, 1.165) is 75.8 Å². The Morgan fingerprint density at radius 2 is 1.47 bits per heavy atom. The van der Waals surface area contributed by atoms with Gasteiger partial charge in [0.2, 0.25) is 0 Å². The highest BCUT2D eigenvalue weighted by molar-refractivity contribution is 5.41. The summed E-state index contributed by atoms with van der Waals surface area (Å²) in [4.78, 5) is 5.52. The minimum atomic E-state index is -2.93. The molecule has 0 bridgehead atoms. The normalized spacial score (nSPS) is 43.4. The van der Waals surface area contributed by atoms with E-state index in [1.165, 1.54) is 152 Å². The molecule has 19 atom stereocenters. The van der Waals surface area contributed by atoms with Crippen molar-refractivity contribution in [1.29, 1.82) is 0 Å². The van der Waals surface area contributed by atoms with Crippen molar-refractivity contribution >= 4 is 0 Å². The molecule has 5 saturated carbocycles. The van der Waals surface area contributed by atoms with Crippen LogP contribution in [0.4, 0.5) is 22.0 Å². The van der Waals surface area contributed by atoms with Crippen molar-refractivity contribution in [2.75, 3.05) is 0 Å². The summed E-state index contributed by atoms with van der Waals surface area (Å²) in [6.45, 7) is 12.4. The summed E-state index contributed by atoms with van der Waals surface area (Å²) in [5.74, 6) is 3.60. The van der Waals surface area contributed by atoms with E-state index < -0.39 is 42.1 Å². The molecule has 14 aliphatic rings. The first-order valence-electron chi connectivity index (χ1n) is 36.2. The maximum atomic E-state index is 16.6. The number of rotatable bonds is 14. The molecule has 0 spiro atoms. The fourth-order valence-electron chi connectivity index (χ4n) is 22.9. The molecule has 0 amide bonds. The topological polar surface area (TPSA) is 15.7 Å². The molecule has 13 aliphatic carbocycles. The number of nitrogens with zero attached hydrogens (tertiary/aromatic N) is 2. The van der Waals surface area contributed by atoms with Gasteiger partial charge in [0.25, 0.3) is 0 Å². The van der Waals surface area contributed by atoms with Crippen LogP contribution in [0.1, 0.15) is 212 Å². The molecular formula is C79H105F5N2O. The van der Waals surface area contributed by atoms with Crippen molar-refractivity contribution in [2.45, 2.75) is 255 Å². The smallest absolute Gasteiger partial charge is 0.188 e. The van der Waals surface area contributed by atoms with Gasteiger partial charge in [-0.3, -0.25) is 0 Å². The van der Waals surface area contributed by atoms with Gasteiger partial charge < -0.3 is 14.5 Å². The molecule has 5 fully saturated rings. The molecule has 472 valence electrons. The number of fused-ring (bicyclic) bond motifs is 5. The monoisotopic (exact) mass is 1190 g/mol. The number of ether oxygens (including phenoxy) is 1. The summed E-state index contributed by atoms with van der Waals surface area (Å²) in [7, 11) is 0. The summed E-state index contributed by atoms with van der Waals surface area (Å²) in [5.41, 5.74) is 7.68. The average molecular weight is 1190 g/mol. The molecule has 0 aromatic heterocycles. The molecule has 1 aliphatic heterocycles. The lowest BCUT2D eigenvalue weighted by molar-refractivity contribution is -0.0497. The Bertz CT molecular complexity index is 2850. The molecule has 0 aromatic rings. The first-order valence-corrected chi connectivity index (χ1v) is 36.2. The average Bonchev–Trinajstić information content (AvgIpc) is 1.59. The van der Waals surface area contributed by atoms with Crippen LogP contribution in [0.2, 0.25) is 0 Å². The molecule has 0 radical (unpaired) electrons. The molecule has 3 nitrogen and oxygen atoms in total. The van der Waals surface area contributed by atoms with E-state index in [9.17, 15) is 0 Å². The molecule has 1 heterocycles. The number of hydrogen-bond donors (Lipinski definition) is 0. The molecular weight excluding hydrogens is 1090 g/mol. The van der Waals surface area contributed by atoms with E-state index in [4.69, 9.17) is 4.74 Å². The SMILES string of the molecule is C=CC1=CCC(OC2=CCC(C3(C4CCCCC4)C4C=C(N(C5=CCC(C6CCC7=C(C6)C6CC(C8C=CC(C=C)CC8)CCC6N7C6CCC(C=C)CC6)CC5)C5CCCC=C5C5C(F)=C(F)C(F)C(F)C5F)C=CC4C4CCCCC43)CC2)CC1. The Morgan fingerprint density at radius 1 is 0.644 bits per heavy atom. The van der Waals surface area contributed by atoms with Gasteiger partial charge in [0.15, 0.2) is 18.2 Å². The lowest BCUT2D eigenvalue weighted by Crippen LogP contribution is -2.49. The predicted octanol–water partition coefficient (Wildman–Crippen LogP) is 21.4. The van der Waals surface area contributed by atoms with Gasteiger partial charge in [-0.25, -0.2) is 22.0 Å². The fourth-order valence-corrected chi connectivity index (χ4v) is 22.9. The van der Waals surface area contributed by atoms with Crippen LogP contribution in [0.3, 0.4) is 0 Å². The molecule has 8 heteroatoms. The third-order valence-corrected chi connectivity index (χ3v) is 27.0. The third-order valence-electron chi connectivity index (χ3n) is 27.0. The lowest BCUT2D eigenvalue weighted by atomic mass is 9.50. The maximum absolute atomic E-state index is 16.6. The van der Waals surface area contributed by atoms with Crippen LogP contribution in [0.15, 0.2) is 144 Å². The number of halogens is 5. The number of allylic oxidation sites excluding steroid dienone is 17. The van der Waals surface area contributed by atoms with Crippen molar-refractivity contribution in [2.24, 2.45) is 88.3 Å². The van der Waals surface area contributed by atoms with Crippen molar-refractivity contribution in [3.05, 3.63) is 144 Å². The zero-order valence-electron chi connectivity index (χ0n) is 52.7. The van der Waals surface area contributed by atoms with E-state index in [2.05, 4.69) is 90.3 Å². The van der Waals surface area contributed by atoms with Gasteiger partial charge in [0.1, 0.15) is 18.1 Å². The van der Waals surface area contributed by atoms with Crippen molar-refractivity contribution < 1.29 is 26.7 Å². The number of alkyl halides is 3. The maximum Gasteiger partial charge on any atom is 0.188 e. The molecule has 19 unspecified atom stereocenters. The lowest BCUT2D eigenvalue weighted by Gasteiger charge is -2.55. The predicted molar refractivity (Wildman–Crippen MR) is 344 cm³/mol. The molecule has 0 saturated heterocycles. The van der Waals surface area contributed by atoms with Gasteiger partial charge in [-0.15, -0.1) is 13.2 Å². The minimum absolute atomic E-state index is 0.0982. The van der Waals surface area contributed by atoms with Crippen LogP contribution >= 0.6 is 0 Å². The fraction of sp³-hybridized carbons (Fsp3) is 0.696. The Kier molecular flexibility index (Phi) is 18.0. The van der Waals surface area contributed by atoms with Gasteiger partial charge >= 0.3 is 0 Å². The van der Waals surface area contributed by atoms with Crippen LogP contribution in [-0.2, 0) is 4.74 Å². The van der Waals surface area contributed by atoms with Crippen LogP contribution in [0, 0.1) is 88.3 Å². The second-order valence-corrected chi connectivity index (χ2v) is 30.8. The van der Waals surface area contributed by atoms with Crippen LogP contribution in [-0.4, -0.2) is 52.5 Å². The molecule has 0 aromatic carbocycles. The largest absolute Gasteiger partial charge is 0.495 e.